The number of amides is 1. The predicted octanol–water partition coefficient (Wildman–Crippen LogP) is 1.79. The van der Waals surface area contributed by atoms with Crippen LogP contribution in [0.2, 0.25) is 0 Å². The molecule has 1 saturated heterocycles. The molecule has 0 bridgehead atoms. The molecule has 4 nitrogen and oxygen atoms in total. The van der Waals surface area contributed by atoms with E-state index in [0.717, 1.165) is 37.3 Å². The molecule has 1 aliphatic rings. The van der Waals surface area contributed by atoms with Crippen LogP contribution in [0.3, 0.4) is 0 Å². The molecular formula is C16H25N3O. The van der Waals surface area contributed by atoms with Crippen molar-refractivity contribution in [2.75, 3.05) is 31.5 Å². The second-order valence-electron chi connectivity index (χ2n) is 5.53. The molecule has 20 heavy (non-hydrogen) atoms. The molecule has 2 rings (SSSR count). The van der Waals surface area contributed by atoms with E-state index in [1.807, 2.05) is 19.1 Å². The number of hydrogen-bond donors (Lipinski definition) is 2. The third kappa shape index (κ3) is 3.58. The molecule has 0 aliphatic carbocycles. The highest BCUT2D eigenvalue weighted by Gasteiger charge is 2.20. The first-order chi connectivity index (χ1) is 9.61. The van der Waals surface area contributed by atoms with Crippen LogP contribution in [0, 0.1) is 6.92 Å². The molecule has 0 radical (unpaired) electrons. The summed E-state index contributed by atoms with van der Waals surface area (Å²) >= 11 is 0. The van der Waals surface area contributed by atoms with Crippen molar-refractivity contribution in [1.82, 2.24) is 10.2 Å². The molecule has 110 valence electrons. The zero-order valence-electron chi connectivity index (χ0n) is 12.7. The average molecular weight is 275 g/mol. The van der Waals surface area contributed by atoms with Crippen LogP contribution < -0.4 is 10.6 Å². The number of carbonyl (C=O) groups excluding carboxylic acids is 1. The van der Waals surface area contributed by atoms with Crippen LogP contribution in [0.15, 0.2) is 18.2 Å². The molecular weight excluding hydrogens is 250 g/mol. The van der Waals surface area contributed by atoms with Crippen molar-refractivity contribution in [3.8, 4) is 0 Å². The van der Waals surface area contributed by atoms with Crippen molar-refractivity contribution in [2.45, 2.75) is 33.2 Å². The van der Waals surface area contributed by atoms with Crippen LogP contribution in [0.4, 0.5) is 5.69 Å². The zero-order valence-corrected chi connectivity index (χ0v) is 12.7. The maximum Gasteiger partial charge on any atom is 0.238 e. The molecule has 1 heterocycles. The van der Waals surface area contributed by atoms with E-state index < -0.39 is 0 Å². The Kier molecular flexibility index (Phi) is 5.15. The molecule has 2 N–H and O–H groups in total. The van der Waals surface area contributed by atoms with Crippen LogP contribution in [-0.4, -0.2) is 43.0 Å². The van der Waals surface area contributed by atoms with Crippen molar-refractivity contribution in [2.24, 2.45) is 0 Å². The van der Waals surface area contributed by atoms with Crippen molar-refractivity contribution in [3.05, 3.63) is 29.3 Å². The Labute approximate surface area is 121 Å². The topological polar surface area (TPSA) is 44.4 Å². The average Bonchev–Trinajstić information content (AvgIpc) is 2.43. The van der Waals surface area contributed by atoms with Crippen LogP contribution in [0.1, 0.15) is 25.0 Å². The fraction of sp³-hybridized carbons (Fsp3) is 0.562. The molecule has 1 fully saturated rings. The van der Waals surface area contributed by atoms with Crippen LogP contribution in [0.5, 0.6) is 0 Å². The monoisotopic (exact) mass is 275 g/mol. The summed E-state index contributed by atoms with van der Waals surface area (Å²) in [5, 5.41) is 6.44. The van der Waals surface area contributed by atoms with Crippen molar-refractivity contribution in [3.63, 3.8) is 0 Å². The Hall–Kier alpha value is -1.39. The maximum atomic E-state index is 12.3. The van der Waals surface area contributed by atoms with Gasteiger partial charge in [0.1, 0.15) is 0 Å². The van der Waals surface area contributed by atoms with Crippen molar-refractivity contribution >= 4 is 11.6 Å². The van der Waals surface area contributed by atoms with E-state index in [-0.39, 0.29) is 5.91 Å². The Morgan fingerprint density at radius 2 is 2.30 bits per heavy atom. The van der Waals surface area contributed by atoms with Gasteiger partial charge in [-0.15, -0.1) is 0 Å². The van der Waals surface area contributed by atoms with E-state index in [4.69, 9.17) is 0 Å². The summed E-state index contributed by atoms with van der Waals surface area (Å²) in [5.74, 6) is 0.0859. The molecule has 0 saturated carbocycles. The Morgan fingerprint density at radius 3 is 3.00 bits per heavy atom. The zero-order chi connectivity index (χ0) is 14.5. The molecule has 0 spiro atoms. The number of carbonyl (C=O) groups is 1. The SMILES string of the molecule is CCc1cccc(C)c1NC(=O)CN1CCNC[C@H]1C. The number of benzene rings is 1. The number of anilines is 1. The van der Waals surface area contributed by atoms with E-state index >= 15 is 0 Å². The lowest BCUT2D eigenvalue weighted by atomic mass is 10.1. The number of hydrogen-bond acceptors (Lipinski definition) is 3. The van der Waals surface area contributed by atoms with Gasteiger partial charge in [0, 0.05) is 31.4 Å². The van der Waals surface area contributed by atoms with Gasteiger partial charge in [0.15, 0.2) is 0 Å². The van der Waals surface area contributed by atoms with E-state index in [1.165, 1.54) is 5.56 Å². The maximum absolute atomic E-state index is 12.3. The largest absolute Gasteiger partial charge is 0.324 e. The highest BCUT2D eigenvalue weighted by molar-refractivity contribution is 5.93. The number of piperazine rings is 1. The standard InChI is InChI=1S/C16H25N3O/c1-4-14-7-5-6-12(2)16(14)18-15(20)11-19-9-8-17-10-13(19)3/h5-7,13,17H,4,8-11H2,1-3H3,(H,18,20)/t13-/m1/s1. The molecule has 0 unspecified atom stereocenters. The van der Waals surface area contributed by atoms with E-state index in [1.54, 1.807) is 0 Å². The molecule has 1 atom stereocenters. The first kappa shape index (κ1) is 15.0. The van der Waals surface area contributed by atoms with Gasteiger partial charge >= 0.3 is 0 Å². The van der Waals surface area contributed by atoms with E-state index in [9.17, 15) is 4.79 Å². The number of nitrogens with one attached hydrogen (secondary N) is 2. The lowest BCUT2D eigenvalue weighted by Crippen LogP contribution is -2.52. The lowest BCUT2D eigenvalue weighted by molar-refractivity contribution is -0.118. The fourth-order valence-electron chi connectivity index (χ4n) is 2.68. The van der Waals surface area contributed by atoms with E-state index in [2.05, 4.69) is 35.4 Å². The van der Waals surface area contributed by atoms with Crippen molar-refractivity contribution < 1.29 is 4.79 Å². The number of para-hydroxylation sites is 1. The van der Waals surface area contributed by atoms with E-state index in [0.29, 0.717) is 12.6 Å². The van der Waals surface area contributed by atoms with Crippen LogP contribution in [-0.2, 0) is 11.2 Å². The second-order valence-corrected chi connectivity index (χ2v) is 5.53. The van der Waals surface area contributed by atoms with Gasteiger partial charge < -0.3 is 10.6 Å². The Balaban J connectivity index is 2.01. The third-order valence-electron chi connectivity index (χ3n) is 3.99. The van der Waals surface area contributed by atoms with Gasteiger partial charge in [-0.25, -0.2) is 0 Å². The summed E-state index contributed by atoms with van der Waals surface area (Å²) in [4.78, 5) is 14.5. The summed E-state index contributed by atoms with van der Waals surface area (Å²) < 4.78 is 0. The minimum absolute atomic E-state index is 0.0859. The summed E-state index contributed by atoms with van der Waals surface area (Å²) in [6.45, 7) is 9.64. The summed E-state index contributed by atoms with van der Waals surface area (Å²) in [7, 11) is 0. The first-order valence-corrected chi connectivity index (χ1v) is 7.45. The molecule has 1 amide bonds. The fourth-order valence-corrected chi connectivity index (χ4v) is 2.68. The summed E-state index contributed by atoms with van der Waals surface area (Å²) in [6.07, 6.45) is 0.932. The highest BCUT2D eigenvalue weighted by Crippen LogP contribution is 2.21. The molecule has 1 aliphatic heterocycles. The normalized spacial score (nSPS) is 19.9. The quantitative estimate of drug-likeness (QED) is 0.880. The van der Waals surface area contributed by atoms with Gasteiger partial charge in [0.05, 0.1) is 6.54 Å². The predicted molar refractivity (Wildman–Crippen MR) is 83.1 cm³/mol. The third-order valence-corrected chi connectivity index (χ3v) is 3.99. The van der Waals surface area contributed by atoms with Gasteiger partial charge in [0.2, 0.25) is 5.91 Å². The van der Waals surface area contributed by atoms with Gasteiger partial charge in [-0.3, -0.25) is 9.69 Å². The molecule has 1 aromatic rings. The second kappa shape index (κ2) is 6.86. The summed E-state index contributed by atoms with van der Waals surface area (Å²) in [5.41, 5.74) is 3.32. The van der Waals surface area contributed by atoms with Gasteiger partial charge in [-0.1, -0.05) is 25.1 Å². The minimum Gasteiger partial charge on any atom is -0.324 e. The minimum atomic E-state index is 0.0859. The number of aryl methyl sites for hydroxylation is 2. The van der Waals surface area contributed by atoms with Crippen LogP contribution >= 0.6 is 0 Å². The highest BCUT2D eigenvalue weighted by atomic mass is 16.2. The van der Waals surface area contributed by atoms with Gasteiger partial charge in [0.25, 0.3) is 0 Å². The van der Waals surface area contributed by atoms with Gasteiger partial charge in [-0.2, -0.15) is 0 Å². The first-order valence-electron chi connectivity index (χ1n) is 7.45. The smallest absolute Gasteiger partial charge is 0.238 e. The number of nitrogens with zero attached hydrogens (tertiary/aromatic N) is 1. The molecule has 1 aromatic carbocycles. The Bertz CT molecular complexity index is 473. The molecule has 0 aromatic heterocycles. The number of rotatable bonds is 4. The van der Waals surface area contributed by atoms with Crippen LogP contribution in [0.25, 0.3) is 0 Å². The molecule has 4 heteroatoms. The van der Waals surface area contributed by atoms with Crippen molar-refractivity contribution in [1.29, 1.82) is 0 Å². The Morgan fingerprint density at radius 1 is 1.50 bits per heavy atom. The lowest BCUT2D eigenvalue weighted by Gasteiger charge is -2.33. The summed E-state index contributed by atoms with van der Waals surface area (Å²) in [6, 6.07) is 6.58. The van der Waals surface area contributed by atoms with Gasteiger partial charge in [-0.05, 0) is 31.4 Å².